The van der Waals surface area contributed by atoms with Crippen LogP contribution >= 0.6 is 0 Å². The third kappa shape index (κ3) is 7.87. The minimum atomic E-state index is 0.203. The van der Waals surface area contributed by atoms with Crippen molar-refractivity contribution in [2.75, 3.05) is 9.80 Å². The quantitative estimate of drug-likeness (QED) is 0.160. The number of aryl methyl sites for hydroxylation is 9. The standard InChI is InChI=1S/C59H71BN2/c1-42-34-57-59-58(35-42)62(52-33-31-44-23-15-7-3-9-17-25-46(44)37-52)56-41-50-29-21-13-5-11-19-27-48(50)39-54(56)60(59)53-38-47-26-18-10-4-12-20-28-49(47)40-55(53)61(57)51-32-30-43-22-14-6-2-8-16-24-45(43)36-51/h30-41H,2-29H2,1H3. The summed E-state index contributed by atoms with van der Waals surface area (Å²) in [6.07, 6.45) is 36.5. The number of nitrogens with zero attached hydrogens (tertiary/aromatic N) is 2. The fourth-order valence-corrected chi connectivity index (χ4v) is 13.0. The Morgan fingerprint density at radius 2 is 0.613 bits per heavy atom. The molecule has 0 amide bonds. The lowest BCUT2D eigenvalue weighted by molar-refractivity contribution is 0.629. The van der Waals surface area contributed by atoms with Gasteiger partial charge in [-0.05, 0) is 225 Å². The van der Waals surface area contributed by atoms with Crippen molar-refractivity contribution in [3.8, 4) is 0 Å². The van der Waals surface area contributed by atoms with Crippen LogP contribution in [0.2, 0.25) is 0 Å². The van der Waals surface area contributed by atoms with Crippen LogP contribution in [0.25, 0.3) is 0 Å². The van der Waals surface area contributed by atoms with Gasteiger partial charge in [-0.1, -0.05) is 101 Å². The van der Waals surface area contributed by atoms with E-state index in [1.165, 1.54) is 225 Å². The van der Waals surface area contributed by atoms with E-state index in [0.717, 1.165) is 0 Å². The Balaban J connectivity index is 1.17. The predicted octanol–water partition coefficient (Wildman–Crippen LogP) is 14.3. The van der Waals surface area contributed by atoms with E-state index in [1.807, 2.05) is 0 Å². The van der Waals surface area contributed by atoms with Crippen LogP contribution in [0.15, 0.2) is 72.8 Å². The topological polar surface area (TPSA) is 6.48 Å². The van der Waals surface area contributed by atoms with E-state index >= 15 is 0 Å². The fraction of sp³-hybridized carbons (Fsp3) is 0.492. The largest absolute Gasteiger partial charge is 0.311 e. The van der Waals surface area contributed by atoms with Gasteiger partial charge in [-0.15, -0.1) is 0 Å². The first-order valence-electron chi connectivity index (χ1n) is 26.0. The van der Waals surface area contributed by atoms with Gasteiger partial charge in [0.2, 0.25) is 0 Å². The highest BCUT2D eigenvalue weighted by Gasteiger charge is 2.44. The van der Waals surface area contributed by atoms with E-state index in [4.69, 9.17) is 0 Å². The van der Waals surface area contributed by atoms with Crippen molar-refractivity contribution in [3.63, 3.8) is 0 Å². The summed E-state index contributed by atoms with van der Waals surface area (Å²) in [6.45, 7) is 2.57. The van der Waals surface area contributed by atoms with Gasteiger partial charge in [0.05, 0.1) is 0 Å². The average Bonchev–Trinajstić information content (AvgIpc) is 3.60. The van der Waals surface area contributed by atoms with Crippen molar-refractivity contribution in [2.24, 2.45) is 0 Å². The molecule has 0 saturated heterocycles. The number of rotatable bonds is 2. The molecule has 0 atom stereocenters. The molecule has 0 aromatic heterocycles. The van der Waals surface area contributed by atoms with Gasteiger partial charge in [0.1, 0.15) is 0 Å². The van der Waals surface area contributed by atoms with Crippen molar-refractivity contribution in [2.45, 2.75) is 187 Å². The molecule has 0 unspecified atom stereocenters. The molecule has 0 bridgehead atoms. The zero-order chi connectivity index (χ0) is 41.4. The Hall–Kier alpha value is -4.24. The molecule has 2 nitrogen and oxygen atoms in total. The Labute approximate surface area is 375 Å². The molecule has 320 valence electrons. The van der Waals surface area contributed by atoms with Crippen LogP contribution in [-0.4, -0.2) is 6.71 Å². The van der Waals surface area contributed by atoms with Crippen molar-refractivity contribution in [1.82, 2.24) is 0 Å². The second-order valence-electron chi connectivity index (χ2n) is 20.7. The van der Waals surface area contributed by atoms with Crippen molar-refractivity contribution in [3.05, 3.63) is 123 Å². The van der Waals surface area contributed by atoms with Gasteiger partial charge < -0.3 is 9.80 Å². The summed E-state index contributed by atoms with van der Waals surface area (Å²) in [6, 6.07) is 31.4. The molecule has 0 fully saturated rings. The predicted molar refractivity (Wildman–Crippen MR) is 267 cm³/mol. The maximum Gasteiger partial charge on any atom is 0.252 e. The molecule has 62 heavy (non-hydrogen) atoms. The lowest BCUT2D eigenvalue weighted by Crippen LogP contribution is -2.61. The van der Waals surface area contributed by atoms with Crippen LogP contribution < -0.4 is 26.2 Å². The van der Waals surface area contributed by atoms with Crippen molar-refractivity contribution >= 4 is 57.2 Å². The first kappa shape index (κ1) is 40.5. The third-order valence-electron chi connectivity index (χ3n) is 16.3. The van der Waals surface area contributed by atoms with Gasteiger partial charge >= 0.3 is 0 Å². The SMILES string of the molecule is Cc1cc2c3c(c1)N(c1ccc4c(c1)CCCCCCC4)c1cc4c(cc1B3c1cc3c(cc1N2c1ccc2c(c1)CCCCCCC2)CCCCCCC3)CCCCCCC4. The fourth-order valence-electron chi connectivity index (χ4n) is 13.0. The second-order valence-corrected chi connectivity index (χ2v) is 20.7. The van der Waals surface area contributed by atoms with Crippen LogP contribution in [0.1, 0.15) is 178 Å². The zero-order valence-corrected chi connectivity index (χ0v) is 38.2. The number of benzene rings is 5. The first-order valence-corrected chi connectivity index (χ1v) is 26.0. The molecule has 0 spiro atoms. The van der Waals surface area contributed by atoms with Crippen LogP contribution in [0.5, 0.6) is 0 Å². The molecule has 2 heterocycles. The Kier molecular flexibility index (Phi) is 11.8. The molecular weight excluding hydrogens is 747 g/mol. The first-order chi connectivity index (χ1) is 30.7. The van der Waals surface area contributed by atoms with Gasteiger partial charge in [0.15, 0.2) is 0 Å². The van der Waals surface area contributed by atoms with Crippen LogP contribution in [0.3, 0.4) is 0 Å². The zero-order valence-electron chi connectivity index (χ0n) is 38.2. The second kappa shape index (κ2) is 18.1. The highest BCUT2D eigenvalue weighted by Crippen LogP contribution is 2.47. The van der Waals surface area contributed by atoms with E-state index in [2.05, 4.69) is 89.5 Å². The summed E-state index contributed by atoms with van der Waals surface area (Å²) in [4.78, 5) is 5.53. The van der Waals surface area contributed by atoms with E-state index in [1.54, 1.807) is 55.4 Å². The highest BCUT2D eigenvalue weighted by molar-refractivity contribution is 7.00. The van der Waals surface area contributed by atoms with Gasteiger partial charge in [-0.25, -0.2) is 0 Å². The maximum absolute atomic E-state index is 2.77. The molecule has 5 aromatic rings. The minimum absolute atomic E-state index is 0.203. The maximum atomic E-state index is 2.77. The summed E-state index contributed by atoms with van der Waals surface area (Å²) in [5.74, 6) is 0. The van der Waals surface area contributed by atoms with E-state index in [-0.39, 0.29) is 6.71 Å². The Bertz CT molecular complexity index is 2280. The molecule has 3 heteroatoms. The molecule has 6 aliphatic rings. The van der Waals surface area contributed by atoms with Crippen molar-refractivity contribution < 1.29 is 0 Å². The molecule has 4 aliphatic carbocycles. The monoisotopic (exact) mass is 819 g/mol. The molecule has 11 rings (SSSR count). The third-order valence-corrected chi connectivity index (χ3v) is 16.3. The summed E-state index contributed by atoms with van der Waals surface area (Å²) in [5, 5.41) is 0. The van der Waals surface area contributed by atoms with Crippen LogP contribution in [-0.2, 0) is 51.4 Å². The molecule has 0 saturated carbocycles. The summed E-state index contributed by atoms with van der Waals surface area (Å²) < 4.78 is 0. The van der Waals surface area contributed by atoms with Gasteiger partial charge in [-0.3, -0.25) is 0 Å². The molecular formula is C59H71BN2. The Morgan fingerprint density at radius 1 is 0.306 bits per heavy atom. The number of hydrogen-bond acceptors (Lipinski definition) is 2. The molecule has 0 N–H and O–H groups in total. The number of anilines is 6. The van der Waals surface area contributed by atoms with Crippen molar-refractivity contribution in [1.29, 1.82) is 0 Å². The van der Waals surface area contributed by atoms with E-state index < -0.39 is 0 Å². The smallest absolute Gasteiger partial charge is 0.252 e. The minimum Gasteiger partial charge on any atom is -0.311 e. The van der Waals surface area contributed by atoms with Gasteiger partial charge in [0.25, 0.3) is 6.71 Å². The van der Waals surface area contributed by atoms with Gasteiger partial charge in [-0.2, -0.15) is 0 Å². The van der Waals surface area contributed by atoms with Crippen LogP contribution in [0.4, 0.5) is 34.1 Å². The molecule has 5 aromatic carbocycles. The number of hydrogen-bond donors (Lipinski definition) is 0. The highest BCUT2D eigenvalue weighted by atomic mass is 15.2. The Morgan fingerprint density at radius 3 is 0.984 bits per heavy atom. The summed E-state index contributed by atoms with van der Waals surface area (Å²) >= 11 is 0. The van der Waals surface area contributed by atoms with E-state index in [0.29, 0.717) is 0 Å². The molecule has 2 aliphatic heterocycles. The van der Waals surface area contributed by atoms with E-state index in [9.17, 15) is 0 Å². The van der Waals surface area contributed by atoms with Crippen LogP contribution in [0, 0.1) is 6.92 Å². The van der Waals surface area contributed by atoms with Gasteiger partial charge in [0, 0.05) is 34.1 Å². The lowest BCUT2D eigenvalue weighted by Gasteiger charge is -2.45. The molecule has 0 radical (unpaired) electrons. The summed E-state index contributed by atoms with van der Waals surface area (Å²) in [5.41, 5.74) is 27.2. The normalized spacial score (nSPS) is 19.4. The lowest BCUT2D eigenvalue weighted by atomic mass is 9.33. The number of fused-ring (bicyclic) bond motifs is 8. The average molecular weight is 819 g/mol. The summed E-state index contributed by atoms with van der Waals surface area (Å²) in [7, 11) is 0.